The highest BCUT2D eigenvalue weighted by Gasteiger charge is 1.98. The van der Waals surface area contributed by atoms with E-state index in [0.717, 1.165) is 5.56 Å². The Hall–Kier alpha value is -2.98. The van der Waals surface area contributed by atoms with Gasteiger partial charge in [0.15, 0.2) is 0 Å². The van der Waals surface area contributed by atoms with Crippen LogP contribution in [0, 0.1) is 0 Å². The van der Waals surface area contributed by atoms with Gasteiger partial charge in [-0.3, -0.25) is 4.99 Å². The van der Waals surface area contributed by atoms with Crippen molar-refractivity contribution in [2.24, 2.45) is 15.2 Å². The first-order valence-electron chi connectivity index (χ1n) is 5.77. The van der Waals surface area contributed by atoms with E-state index in [1.165, 1.54) is 0 Å². The third-order valence-electron chi connectivity index (χ3n) is 2.50. The summed E-state index contributed by atoms with van der Waals surface area (Å²) in [4.78, 5) is 9.66. The van der Waals surface area contributed by atoms with Crippen molar-refractivity contribution in [2.75, 3.05) is 0 Å². The average molecular weight is 298 g/mol. The fourth-order valence-corrected chi connectivity index (χ4v) is 1.77. The number of halogens is 1. The summed E-state index contributed by atoms with van der Waals surface area (Å²) in [5.74, 6) is 0. The van der Waals surface area contributed by atoms with Crippen LogP contribution < -0.4 is 0 Å². The molecule has 0 fully saturated rings. The topological polar surface area (TPSA) is 110 Å². The van der Waals surface area contributed by atoms with Gasteiger partial charge in [-0.25, -0.2) is 0 Å². The van der Waals surface area contributed by atoms with Gasteiger partial charge >= 0.3 is 0 Å². The molecule has 2 aromatic carbocycles. The number of azide groups is 2. The molecule has 0 aromatic heterocycles. The lowest BCUT2D eigenvalue weighted by molar-refractivity contribution is 1.44. The summed E-state index contributed by atoms with van der Waals surface area (Å²) < 4.78 is 0. The van der Waals surface area contributed by atoms with E-state index >= 15 is 0 Å². The maximum Gasteiger partial charge on any atom is 0.0630 e. The molecule has 0 saturated carbocycles. The van der Waals surface area contributed by atoms with E-state index in [1.807, 2.05) is 0 Å². The molecule has 0 N–H and O–H groups in total. The molecule has 0 aliphatic heterocycles. The molecule has 0 heterocycles. The molecule has 7 nitrogen and oxygen atoms in total. The Labute approximate surface area is 124 Å². The Morgan fingerprint density at radius 2 is 1.57 bits per heavy atom. The maximum atomic E-state index is 8.37. The molecule has 0 atom stereocenters. The molecule has 0 spiro atoms. The van der Waals surface area contributed by atoms with Gasteiger partial charge in [0.05, 0.1) is 16.4 Å². The number of nitrogens with zero attached hydrogens (tertiary/aromatic N) is 7. The molecule has 0 radical (unpaired) electrons. The van der Waals surface area contributed by atoms with Crippen LogP contribution in [0.15, 0.2) is 57.7 Å². The van der Waals surface area contributed by atoms with E-state index in [2.05, 4.69) is 25.0 Å². The van der Waals surface area contributed by atoms with Gasteiger partial charge in [-0.1, -0.05) is 46.1 Å². The Kier molecular flexibility index (Phi) is 4.79. The Morgan fingerprint density at radius 3 is 2.19 bits per heavy atom. The average Bonchev–Trinajstić information content (AvgIpc) is 2.49. The second-order valence-corrected chi connectivity index (χ2v) is 4.27. The fraction of sp³-hybridized carbons (Fsp3) is 0. The quantitative estimate of drug-likeness (QED) is 0.286. The molecule has 0 unspecified atom stereocenters. The highest BCUT2D eigenvalue weighted by atomic mass is 35.5. The molecule has 8 heteroatoms. The van der Waals surface area contributed by atoms with E-state index in [4.69, 9.17) is 22.7 Å². The van der Waals surface area contributed by atoms with Gasteiger partial charge in [0.2, 0.25) is 0 Å². The summed E-state index contributed by atoms with van der Waals surface area (Å²) in [7, 11) is 0. The van der Waals surface area contributed by atoms with Crippen LogP contribution >= 0.6 is 11.6 Å². The minimum atomic E-state index is 0.357. The van der Waals surface area contributed by atoms with Gasteiger partial charge in [0.1, 0.15) is 0 Å². The van der Waals surface area contributed by atoms with E-state index in [9.17, 15) is 0 Å². The maximum absolute atomic E-state index is 8.37. The zero-order valence-corrected chi connectivity index (χ0v) is 11.4. The minimum absolute atomic E-state index is 0.357. The standard InChI is InChI=1S/C13H8ClN7/c14-12-7-9(1-6-13(12)19-21-16)8-17-10-2-4-11(5-3-10)18-20-15/h1-8H. The van der Waals surface area contributed by atoms with Crippen molar-refractivity contribution in [2.45, 2.75) is 0 Å². The summed E-state index contributed by atoms with van der Waals surface area (Å²) in [5, 5.41) is 7.29. The second kappa shape index (κ2) is 6.98. The molecular weight excluding hydrogens is 290 g/mol. The molecule has 2 aromatic rings. The van der Waals surface area contributed by atoms with Gasteiger partial charge in [0.25, 0.3) is 0 Å². The lowest BCUT2D eigenvalue weighted by Crippen LogP contribution is -1.80. The third kappa shape index (κ3) is 3.99. The lowest BCUT2D eigenvalue weighted by Gasteiger charge is -1.99. The molecule has 2 rings (SSSR count). The van der Waals surface area contributed by atoms with E-state index < -0.39 is 0 Å². The molecule has 102 valence electrons. The highest BCUT2D eigenvalue weighted by molar-refractivity contribution is 6.33. The highest BCUT2D eigenvalue weighted by Crippen LogP contribution is 2.26. The van der Waals surface area contributed by atoms with Crippen LogP contribution in [0.25, 0.3) is 20.9 Å². The molecular formula is C13H8ClN7. The van der Waals surface area contributed by atoms with Crippen molar-refractivity contribution in [1.82, 2.24) is 0 Å². The summed E-state index contributed by atoms with van der Waals surface area (Å²) in [6.45, 7) is 0. The summed E-state index contributed by atoms with van der Waals surface area (Å²) in [6, 6.07) is 11.8. The predicted octanol–water partition coefficient (Wildman–Crippen LogP) is 5.97. The van der Waals surface area contributed by atoms with Crippen molar-refractivity contribution >= 4 is 34.9 Å². The van der Waals surface area contributed by atoms with Gasteiger partial charge in [-0.05, 0) is 34.8 Å². The SMILES string of the molecule is [N-]=[N+]=Nc1ccc(N=Cc2ccc(N=[N+]=[N-])c(Cl)c2)cc1. The first kappa shape index (κ1) is 14.4. The van der Waals surface area contributed by atoms with E-state index in [0.29, 0.717) is 22.1 Å². The minimum Gasteiger partial charge on any atom is -0.256 e. The first-order chi connectivity index (χ1) is 10.2. The number of hydrogen-bond acceptors (Lipinski definition) is 3. The van der Waals surface area contributed by atoms with Crippen LogP contribution in [0.5, 0.6) is 0 Å². The van der Waals surface area contributed by atoms with Crippen LogP contribution in [0.3, 0.4) is 0 Å². The number of aliphatic imine (C=N–C) groups is 1. The van der Waals surface area contributed by atoms with Crippen LogP contribution in [-0.2, 0) is 0 Å². The number of benzene rings is 2. The molecule has 0 bridgehead atoms. The normalized spacial score (nSPS) is 9.95. The van der Waals surface area contributed by atoms with Gasteiger partial charge in [-0.15, -0.1) is 0 Å². The van der Waals surface area contributed by atoms with Gasteiger partial charge in [-0.2, -0.15) is 0 Å². The van der Waals surface area contributed by atoms with Crippen molar-refractivity contribution in [1.29, 1.82) is 0 Å². The number of hydrogen-bond donors (Lipinski definition) is 0. The first-order valence-corrected chi connectivity index (χ1v) is 6.14. The van der Waals surface area contributed by atoms with Crippen LogP contribution in [0.4, 0.5) is 17.1 Å². The van der Waals surface area contributed by atoms with Crippen molar-refractivity contribution in [3.05, 3.63) is 73.9 Å². The Bertz CT molecular complexity index is 770. The zero-order valence-electron chi connectivity index (χ0n) is 10.6. The summed E-state index contributed by atoms with van der Waals surface area (Å²) >= 11 is 5.97. The number of rotatable bonds is 4. The fourth-order valence-electron chi connectivity index (χ4n) is 1.54. The Balaban J connectivity index is 2.18. The molecule has 0 aliphatic rings. The van der Waals surface area contributed by atoms with Crippen molar-refractivity contribution in [3.63, 3.8) is 0 Å². The third-order valence-corrected chi connectivity index (χ3v) is 2.80. The zero-order chi connectivity index (χ0) is 15.1. The summed E-state index contributed by atoms with van der Waals surface area (Å²) in [5.41, 5.74) is 19.1. The molecule has 21 heavy (non-hydrogen) atoms. The molecule has 0 saturated heterocycles. The van der Waals surface area contributed by atoms with Gasteiger partial charge in [0, 0.05) is 21.7 Å². The second-order valence-electron chi connectivity index (χ2n) is 3.86. The van der Waals surface area contributed by atoms with Crippen LogP contribution in [0.2, 0.25) is 5.02 Å². The van der Waals surface area contributed by atoms with E-state index in [1.54, 1.807) is 48.7 Å². The monoisotopic (exact) mass is 297 g/mol. The van der Waals surface area contributed by atoms with Crippen LogP contribution in [0.1, 0.15) is 5.56 Å². The smallest absolute Gasteiger partial charge is 0.0630 e. The largest absolute Gasteiger partial charge is 0.256 e. The predicted molar refractivity (Wildman–Crippen MR) is 82.8 cm³/mol. The van der Waals surface area contributed by atoms with Crippen molar-refractivity contribution < 1.29 is 0 Å². The summed E-state index contributed by atoms with van der Waals surface area (Å²) in [6.07, 6.45) is 1.63. The Morgan fingerprint density at radius 1 is 0.905 bits per heavy atom. The van der Waals surface area contributed by atoms with Crippen molar-refractivity contribution in [3.8, 4) is 0 Å². The molecule has 0 aliphatic carbocycles. The van der Waals surface area contributed by atoms with E-state index in [-0.39, 0.29) is 0 Å². The van der Waals surface area contributed by atoms with Crippen LogP contribution in [-0.4, -0.2) is 6.21 Å². The molecule has 0 amide bonds. The van der Waals surface area contributed by atoms with Gasteiger partial charge < -0.3 is 0 Å². The lowest BCUT2D eigenvalue weighted by atomic mass is 10.2.